The topological polar surface area (TPSA) is 55.1 Å². The molecule has 1 aliphatic heterocycles. The summed E-state index contributed by atoms with van der Waals surface area (Å²) in [5.41, 5.74) is 3.82. The zero-order valence-corrected chi connectivity index (χ0v) is 22.8. The van der Waals surface area contributed by atoms with Gasteiger partial charge in [-0.2, -0.15) is 13.2 Å². The van der Waals surface area contributed by atoms with Crippen LogP contribution in [0.2, 0.25) is 10.0 Å². The first-order chi connectivity index (χ1) is 18.6. The maximum atomic E-state index is 13.6. The molecule has 39 heavy (non-hydrogen) atoms. The number of allylic oxidation sites excluding steroid dienone is 2. The number of hydrogen-bond donors (Lipinski definition) is 0. The van der Waals surface area contributed by atoms with Crippen LogP contribution in [0.1, 0.15) is 55.9 Å². The molecule has 0 atom stereocenters. The number of benzene rings is 1. The fraction of sp³-hybridized carbons (Fsp3) is 0.345. The summed E-state index contributed by atoms with van der Waals surface area (Å²) < 4.78 is 46.5. The van der Waals surface area contributed by atoms with Crippen LogP contribution >= 0.6 is 23.2 Å². The summed E-state index contributed by atoms with van der Waals surface area (Å²) in [6.07, 6.45) is 4.81. The van der Waals surface area contributed by atoms with Crippen LogP contribution in [0.25, 0.3) is 27.7 Å². The number of aromatic nitrogens is 3. The molecule has 0 bridgehead atoms. The van der Waals surface area contributed by atoms with Gasteiger partial charge in [-0.1, -0.05) is 48.3 Å². The number of nitrogens with zero attached hydrogens (tertiary/aromatic N) is 4. The molecule has 6 rings (SSSR count). The van der Waals surface area contributed by atoms with E-state index >= 15 is 0 Å². The number of piperidine rings is 1. The Hall–Kier alpha value is -3.10. The van der Waals surface area contributed by atoms with Crippen LogP contribution in [0.15, 0.2) is 53.5 Å². The number of alkyl halides is 3. The Morgan fingerprint density at radius 2 is 1.72 bits per heavy atom. The van der Waals surface area contributed by atoms with E-state index < -0.39 is 11.7 Å². The van der Waals surface area contributed by atoms with Crippen LogP contribution in [0.4, 0.5) is 18.9 Å². The molecule has 4 heterocycles. The summed E-state index contributed by atoms with van der Waals surface area (Å²) in [6, 6.07) is 6.18. The van der Waals surface area contributed by atoms with Gasteiger partial charge in [-0.15, -0.1) is 0 Å². The lowest BCUT2D eigenvalue weighted by molar-refractivity contribution is -0.136. The van der Waals surface area contributed by atoms with Crippen molar-refractivity contribution < 1.29 is 17.7 Å². The van der Waals surface area contributed by atoms with Crippen molar-refractivity contribution >= 4 is 45.4 Å². The molecule has 5 nitrogen and oxygen atoms in total. The molecule has 10 heteroatoms. The van der Waals surface area contributed by atoms with Crippen molar-refractivity contribution in [2.24, 2.45) is 5.41 Å². The standard InChI is InChI=1S/C29H25Cl2F3N4O/c1-16(2)27-24(26(37-39-27)25-21(30)14-35-15-22(25)31)17-12-28(13-17)6-9-38(10-7-28)18-3-4-23-19(11-18)20(5-8-36-23)29(32,33)34/h3-5,8,11-12,14-16H,6-7,9-10,13H2,1-2H3. The van der Waals surface area contributed by atoms with Gasteiger partial charge >= 0.3 is 6.18 Å². The Balaban J connectivity index is 1.26. The third kappa shape index (κ3) is 4.57. The maximum Gasteiger partial charge on any atom is 0.417 e. The van der Waals surface area contributed by atoms with E-state index in [1.807, 2.05) is 6.07 Å². The van der Waals surface area contributed by atoms with Crippen LogP contribution < -0.4 is 4.90 Å². The number of fused-ring (bicyclic) bond motifs is 1. The normalized spacial score (nSPS) is 17.1. The van der Waals surface area contributed by atoms with Crippen molar-refractivity contribution in [3.63, 3.8) is 0 Å². The van der Waals surface area contributed by atoms with Crippen molar-refractivity contribution in [1.82, 2.24) is 15.1 Å². The fourth-order valence-electron chi connectivity index (χ4n) is 5.81. The van der Waals surface area contributed by atoms with E-state index in [2.05, 4.69) is 39.9 Å². The van der Waals surface area contributed by atoms with Crippen LogP contribution in [-0.2, 0) is 6.18 Å². The second-order valence-corrected chi connectivity index (χ2v) is 11.5. The van der Waals surface area contributed by atoms with Crippen molar-refractivity contribution in [2.75, 3.05) is 18.0 Å². The largest absolute Gasteiger partial charge is 0.417 e. The van der Waals surface area contributed by atoms with E-state index in [9.17, 15) is 13.2 Å². The molecule has 1 spiro atoms. The first-order valence-electron chi connectivity index (χ1n) is 12.8. The molecule has 2 aliphatic rings. The summed E-state index contributed by atoms with van der Waals surface area (Å²) in [5.74, 6) is 0.904. The monoisotopic (exact) mass is 572 g/mol. The highest BCUT2D eigenvalue weighted by atomic mass is 35.5. The van der Waals surface area contributed by atoms with E-state index in [1.165, 1.54) is 6.20 Å². The molecular weight excluding hydrogens is 548 g/mol. The minimum absolute atomic E-state index is 0.0238. The molecule has 4 aromatic rings. The zero-order valence-electron chi connectivity index (χ0n) is 21.3. The van der Waals surface area contributed by atoms with Gasteiger partial charge in [0.15, 0.2) is 0 Å². The highest BCUT2D eigenvalue weighted by Crippen LogP contribution is 2.54. The van der Waals surface area contributed by atoms with Gasteiger partial charge in [0.1, 0.15) is 11.5 Å². The van der Waals surface area contributed by atoms with E-state index in [0.29, 0.717) is 26.8 Å². The van der Waals surface area contributed by atoms with Crippen molar-refractivity contribution in [2.45, 2.75) is 45.2 Å². The molecule has 1 aliphatic carbocycles. The van der Waals surface area contributed by atoms with E-state index in [-0.39, 0.29) is 16.7 Å². The first kappa shape index (κ1) is 26.1. The van der Waals surface area contributed by atoms with Gasteiger partial charge in [0.05, 0.1) is 21.1 Å². The Morgan fingerprint density at radius 3 is 2.36 bits per heavy atom. The lowest BCUT2D eigenvalue weighted by atomic mass is 9.63. The number of hydrogen-bond acceptors (Lipinski definition) is 5. The number of rotatable bonds is 4. The Morgan fingerprint density at radius 1 is 1.03 bits per heavy atom. The lowest BCUT2D eigenvalue weighted by Crippen LogP contribution is -2.42. The quantitative estimate of drug-likeness (QED) is 0.244. The molecule has 0 saturated carbocycles. The predicted molar refractivity (Wildman–Crippen MR) is 147 cm³/mol. The molecule has 0 N–H and O–H groups in total. The van der Waals surface area contributed by atoms with Crippen LogP contribution in [0, 0.1) is 5.41 Å². The van der Waals surface area contributed by atoms with Crippen molar-refractivity contribution in [3.05, 3.63) is 75.9 Å². The molecule has 202 valence electrons. The molecule has 1 fully saturated rings. The average Bonchev–Trinajstić information content (AvgIpc) is 3.30. The smallest absolute Gasteiger partial charge is 0.371 e. The second kappa shape index (κ2) is 9.52. The first-order valence-corrected chi connectivity index (χ1v) is 13.5. The van der Waals surface area contributed by atoms with Gasteiger partial charge in [0, 0.05) is 59.8 Å². The second-order valence-electron chi connectivity index (χ2n) is 10.7. The van der Waals surface area contributed by atoms with E-state index in [1.54, 1.807) is 24.5 Å². The number of pyridine rings is 2. The van der Waals surface area contributed by atoms with Gasteiger partial charge in [-0.05, 0) is 54.5 Å². The highest BCUT2D eigenvalue weighted by Gasteiger charge is 2.42. The average molecular weight is 573 g/mol. The minimum atomic E-state index is -4.43. The lowest BCUT2D eigenvalue weighted by Gasteiger charge is -2.47. The summed E-state index contributed by atoms with van der Waals surface area (Å²) in [7, 11) is 0. The molecule has 0 amide bonds. The molecule has 0 unspecified atom stereocenters. The summed E-state index contributed by atoms with van der Waals surface area (Å²) in [4.78, 5) is 10.3. The fourth-order valence-corrected chi connectivity index (χ4v) is 6.35. The molecule has 0 radical (unpaired) electrons. The Labute approximate surface area is 233 Å². The Bertz CT molecular complexity index is 1580. The third-order valence-electron chi connectivity index (χ3n) is 7.83. The Kier molecular flexibility index (Phi) is 6.38. The summed E-state index contributed by atoms with van der Waals surface area (Å²) in [6.45, 7) is 5.60. The number of halogens is 5. The minimum Gasteiger partial charge on any atom is -0.371 e. The van der Waals surface area contributed by atoms with Gasteiger partial charge in [-0.25, -0.2) is 0 Å². The zero-order chi connectivity index (χ0) is 27.5. The molecule has 1 saturated heterocycles. The SMILES string of the molecule is CC(C)c1onc(-c2c(Cl)cncc2Cl)c1C1=CC2(CCN(c3ccc4nccc(C(F)(F)F)c4c3)CC2)C1. The highest BCUT2D eigenvalue weighted by molar-refractivity contribution is 6.39. The van der Waals surface area contributed by atoms with E-state index in [0.717, 1.165) is 61.0 Å². The van der Waals surface area contributed by atoms with Gasteiger partial charge in [0.25, 0.3) is 0 Å². The molecule has 3 aromatic heterocycles. The van der Waals surface area contributed by atoms with Crippen LogP contribution in [-0.4, -0.2) is 28.2 Å². The maximum absolute atomic E-state index is 13.6. The van der Waals surface area contributed by atoms with Gasteiger partial charge < -0.3 is 9.42 Å². The molecular formula is C29H25Cl2F3N4O. The van der Waals surface area contributed by atoms with Gasteiger partial charge in [-0.3, -0.25) is 9.97 Å². The third-order valence-corrected chi connectivity index (χ3v) is 8.41. The molecule has 1 aromatic carbocycles. The summed E-state index contributed by atoms with van der Waals surface area (Å²) in [5, 5.41) is 5.31. The van der Waals surface area contributed by atoms with Gasteiger partial charge in [0.2, 0.25) is 0 Å². The van der Waals surface area contributed by atoms with E-state index in [4.69, 9.17) is 27.7 Å². The number of anilines is 1. The van der Waals surface area contributed by atoms with Crippen LogP contribution in [0.5, 0.6) is 0 Å². The summed E-state index contributed by atoms with van der Waals surface area (Å²) >= 11 is 12.9. The van der Waals surface area contributed by atoms with Crippen molar-refractivity contribution in [1.29, 1.82) is 0 Å². The van der Waals surface area contributed by atoms with Crippen molar-refractivity contribution in [3.8, 4) is 11.3 Å². The predicted octanol–water partition coefficient (Wildman–Crippen LogP) is 8.81. The van der Waals surface area contributed by atoms with Crippen LogP contribution in [0.3, 0.4) is 0 Å².